The third-order valence-corrected chi connectivity index (χ3v) is 3.73. The van der Waals surface area contributed by atoms with Crippen molar-refractivity contribution in [1.82, 2.24) is 5.48 Å². The summed E-state index contributed by atoms with van der Waals surface area (Å²) in [5, 5.41) is 0. The van der Waals surface area contributed by atoms with Crippen LogP contribution in [0.1, 0.15) is 15.9 Å². The summed E-state index contributed by atoms with van der Waals surface area (Å²) in [7, 11) is 1.32. The van der Waals surface area contributed by atoms with Crippen LogP contribution < -0.4 is 5.48 Å². The van der Waals surface area contributed by atoms with Crippen molar-refractivity contribution in [1.29, 1.82) is 0 Å². The van der Waals surface area contributed by atoms with Crippen LogP contribution in [0, 0.1) is 0 Å². The first-order chi connectivity index (χ1) is 10.2. The lowest BCUT2D eigenvalue weighted by Gasteiger charge is -2.09. The maximum absolute atomic E-state index is 12.0. The molecule has 0 radical (unpaired) electrons. The van der Waals surface area contributed by atoms with Crippen LogP contribution in [0.25, 0.3) is 0 Å². The summed E-state index contributed by atoms with van der Waals surface area (Å²) in [5.41, 5.74) is 3.53. The summed E-state index contributed by atoms with van der Waals surface area (Å²) in [6, 6.07) is 16.0. The van der Waals surface area contributed by atoms with E-state index >= 15 is 0 Å². The molecule has 1 amide bonds. The lowest BCUT2D eigenvalue weighted by Crippen LogP contribution is -2.25. The molecule has 0 aliphatic carbocycles. The van der Waals surface area contributed by atoms with Crippen molar-refractivity contribution in [3.8, 4) is 0 Å². The Hall–Kier alpha value is -2.02. The molecule has 2 aromatic carbocycles. The van der Waals surface area contributed by atoms with E-state index in [1.807, 2.05) is 30.3 Å². The maximum Gasteiger partial charge on any atom is 0.276 e. The second kappa shape index (κ2) is 7.68. The van der Waals surface area contributed by atoms with E-state index in [0.29, 0.717) is 4.90 Å². The number of hydroxylamine groups is 1. The van der Waals surface area contributed by atoms with Gasteiger partial charge in [0.2, 0.25) is 0 Å². The fourth-order valence-corrected chi connectivity index (χ4v) is 2.41. The summed E-state index contributed by atoms with van der Waals surface area (Å²) in [5.74, 6) is -0.466. The average Bonchev–Trinajstić information content (AvgIpc) is 2.55. The fourth-order valence-electron chi connectivity index (χ4n) is 1.70. The summed E-state index contributed by atoms with van der Waals surface area (Å²) < 4.78 is 16.5. The third kappa shape index (κ3) is 4.22. The lowest BCUT2D eigenvalue weighted by atomic mass is 10.2. The molecule has 1 atom stereocenters. The number of nitrogens with one attached hydrogen (secondary N) is 1. The molecule has 0 heterocycles. The van der Waals surface area contributed by atoms with E-state index in [0.717, 1.165) is 5.56 Å². The van der Waals surface area contributed by atoms with Crippen LogP contribution in [0.4, 0.5) is 0 Å². The van der Waals surface area contributed by atoms with Crippen LogP contribution in [0.2, 0.25) is 0 Å². The van der Waals surface area contributed by atoms with Gasteiger partial charge in [-0.25, -0.2) is 9.69 Å². The van der Waals surface area contributed by atoms with Crippen molar-refractivity contribution >= 4 is 17.0 Å². The molecule has 5 nitrogen and oxygen atoms in total. The second-order valence-electron chi connectivity index (χ2n) is 4.10. The van der Waals surface area contributed by atoms with Gasteiger partial charge in [0.15, 0.2) is 11.1 Å². The third-order valence-electron chi connectivity index (χ3n) is 2.71. The van der Waals surface area contributed by atoms with E-state index in [1.54, 1.807) is 24.3 Å². The molecule has 21 heavy (non-hydrogen) atoms. The van der Waals surface area contributed by atoms with Gasteiger partial charge in [0.25, 0.3) is 5.91 Å². The highest BCUT2D eigenvalue weighted by atomic mass is 32.2. The van der Waals surface area contributed by atoms with E-state index in [9.17, 15) is 9.00 Å². The van der Waals surface area contributed by atoms with Crippen LogP contribution in [0.15, 0.2) is 59.5 Å². The first kappa shape index (κ1) is 15.4. The van der Waals surface area contributed by atoms with Crippen LogP contribution in [0.3, 0.4) is 0 Å². The first-order valence-electron chi connectivity index (χ1n) is 6.23. The molecule has 2 aromatic rings. The quantitative estimate of drug-likeness (QED) is 0.831. The molecule has 110 valence electrons. The van der Waals surface area contributed by atoms with Crippen molar-refractivity contribution < 1.29 is 18.0 Å². The Morgan fingerprint density at radius 3 is 2.48 bits per heavy atom. The summed E-state index contributed by atoms with van der Waals surface area (Å²) >= 11 is -1.68. The maximum atomic E-state index is 12.0. The van der Waals surface area contributed by atoms with Gasteiger partial charge in [-0.3, -0.25) is 13.8 Å². The molecule has 0 fully saturated rings. The van der Waals surface area contributed by atoms with Crippen molar-refractivity contribution in [3.63, 3.8) is 0 Å². The molecule has 0 aliphatic heterocycles. The minimum absolute atomic E-state index is 0.252. The number of hydrogen-bond acceptors (Lipinski definition) is 4. The van der Waals surface area contributed by atoms with Crippen LogP contribution in [-0.2, 0) is 26.7 Å². The highest BCUT2D eigenvalue weighted by Crippen LogP contribution is 2.14. The molecule has 0 saturated heterocycles. The number of rotatable bonds is 6. The number of benzene rings is 2. The molecule has 0 spiro atoms. The minimum atomic E-state index is -1.68. The molecule has 0 aromatic heterocycles. The van der Waals surface area contributed by atoms with Gasteiger partial charge in [0.05, 0.1) is 24.2 Å². The molecular weight excluding hydrogens is 290 g/mol. The van der Waals surface area contributed by atoms with Gasteiger partial charge in [-0.05, 0) is 17.7 Å². The normalized spacial score (nSPS) is 11.9. The Bertz CT molecular complexity index is 631. The Morgan fingerprint density at radius 2 is 1.76 bits per heavy atom. The highest BCUT2D eigenvalue weighted by Gasteiger charge is 2.15. The molecule has 1 unspecified atom stereocenters. The van der Waals surface area contributed by atoms with E-state index in [2.05, 4.69) is 5.48 Å². The molecule has 2 rings (SSSR count). The Labute approximate surface area is 125 Å². The predicted octanol–water partition coefficient (Wildman–Crippen LogP) is 2.22. The summed E-state index contributed by atoms with van der Waals surface area (Å²) in [4.78, 5) is 17.5. The van der Waals surface area contributed by atoms with Gasteiger partial charge < -0.3 is 0 Å². The minimum Gasteiger partial charge on any atom is -0.290 e. The molecular formula is C15H15NO4S. The van der Waals surface area contributed by atoms with E-state index in [1.165, 1.54) is 7.11 Å². The fraction of sp³-hybridized carbons (Fsp3) is 0.133. The molecule has 0 bridgehead atoms. The first-order valence-corrected chi connectivity index (χ1v) is 7.31. The molecule has 6 heteroatoms. The number of hydrogen-bond donors (Lipinski definition) is 1. The zero-order valence-corrected chi connectivity index (χ0v) is 12.3. The van der Waals surface area contributed by atoms with Gasteiger partial charge in [0, 0.05) is 0 Å². The zero-order chi connectivity index (χ0) is 15.1. The predicted molar refractivity (Wildman–Crippen MR) is 78.6 cm³/mol. The van der Waals surface area contributed by atoms with E-state index in [4.69, 9.17) is 9.02 Å². The van der Waals surface area contributed by atoms with Gasteiger partial charge in [0.1, 0.15) is 0 Å². The molecule has 1 N–H and O–H groups in total. The van der Waals surface area contributed by atoms with E-state index in [-0.39, 0.29) is 12.2 Å². The summed E-state index contributed by atoms with van der Waals surface area (Å²) in [6.45, 7) is 0.252. The van der Waals surface area contributed by atoms with Gasteiger partial charge in [-0.2, -0.15) is 0 Å². The summed E-state index contributed by atoms with van der Waals surface area (Å²) in [6.07, 6.45) is 0. The standard InChI is InChI=1S/C15H15NO4S/c1-19-21(18)14-10-6-5-9-13(14)15(17)16-20-11-12-7-3-2-4-8-12/h2-10H,11H2,1H3,(H,16,17). The Morgan fingerprint density at radius 1 is 1.10 bits per heavy atom. The van der Waals surface area contributed by atoms with Crippen molar-refractivity contribution in [2.75, 3.05) is 7.11 Å². The van der Waals surface area contributed by atoms with Gasteiger partial charge in [-0.15, -0.1) is 0 Å². The van der Waals surface area contributed by atoms with E-state index < -0.39 is 17.0 Å². The topological polar surface area (TPSA) is 64.6 Å². The van der Waals surface area contributed by atoms with Gasteiger partial charge >= 0.3 is 0 Å². The van der Waals surface area contributed by atoms with Crippen LogP contribution >= 0.6 is 0 Å². The van der Waals surface area contributed by atoms with Crippen LogP contribution in [-0.4, -0.2) is 17.2 Å². The van der Waals surface area contributed by atoms with Gasteiger partial charge in [-0.1, -0.05) is 42.5 Å². The number of carbonyl (C=O) groups is 1. The zero-order valence-electron chi connectivity index (χ0n) is 11.4. The Balaban J connectivity index is 1.99. The Kier molecular flexibility index (Phi) is 5.62. The second-order valence-corrected chi connectivity index (χ2v) is 5.35. The lowest BCUT2D eigenvalue weighted by molar-refractivity contribution is 0.0231. The van der Waals surface area contributed by atoms with Crippen LogP contribution in [0.5, 0.6) is 0 Å². The molecule has 0 saturated carbocycles. The van der Waals surface area contributed by atoms with Crippen molar-refractivity contribution in [2.45, 2.75) is 11.5 Å². The van der Waals surface area contributed by atoms with Crippen molar-refractivity contribution in [3.05, 3.63) is 65.7 Å². The molecule has 0 aliphatic rings. The van der Waals surface area contributed by atoms with Crippen molar-refractivity contribution in [2.24, 2.45) is 0 Å². The SMILES string of the molecule is COS(=O)c1ccccc1C(=O)NOCc1ccccc1. The smallest absolute Gasteiger partial charge is 0.276 e. The number of amides is 1. The number of carbonyl (C=O) groups excluding carboxylic acids is 1. The highest BCUT2D eigenvalue weighted by molar-refractivity contribution is 7.80. The largest absolute Gasteiger partial charge is 0.290 e. The average molecular weight is 305 g/mol. The monoisotopic (exact) mass is 305 g/mol.